The van der Waals surface area contributed by atoms with Crippen molar-refractivity contribution < 1.29 is 0 Å². The minimum Gasteiger partial charge on any atom is -0.299 e. The van der Waals surface area contributed by atoms with E-state index >= 15 is 0 Å². The zero-order valence-electron chi connectivity index (χ0n) is 8.33. The highest BCUT2D eigenvalue weighted by Crippen LogP contribution is 2.22. The molecule has 0 aliphatic heterocycles. The molecule has 13 heavy (non-hydrogen) atoms. The Morgan fingerprint density at radius 2 is 2.23 bits per heavy atom. The molecular weight excluding hydrogens is 182 g/mol. The highest BCUT2D eigenvalue weighted by atomic mass is 32.1. The Morgan fingerprint density at radius 1 is 1.62 bits per heavy atom. The van der Waals surface area contributed by atoms with Crippen molar-refractivity contribution >= 4 is 11.3 Å². The Hall–Kier alpha value is -0.830. The molecule has 0 fully saturated rings. The molecule has 1 heterocycles. The molecule has 0 N–H and O–H groups in total. The third kappa shape index (κ3) is 2.10. The van der Waals surface area contributed by atoms with Gasteiger partial charge in [0.15, 0.2) is 0 Å². The number of thiazole rings is 1. The van der Waals surface area contributed by atoms with Crippen molar-refractivity contribution in [3.63, 3.8) is 0 Å². The summed E-state index contributed by atoms with van der Waals surface area (Å²) in [5.74, 6) is 0. The molecule has 72 valence electrons. The van der Waals surface area contributed by atoms with Crippen molar-refractivity contribution in [3.8, 4) is 0 Å². The molecular formula is C10H15NOS. The summed E-state index contributed by atoms with van der Waals surface area (Å²) in [7, 11) is 0. The minimum absolute atomic E-state index is 0.0299. The van der Waals surface area contributed by atoms with Crippen LogP contribution in [-0.4, -0.2) is 4.57 Å². The summed E-state index contributed by atoms with van der Waals surface area (Å²) < 4.78 is 1.78. The zero-order valence-corrected chi connectivity index (χ0v) is 9.15. The second-order valence-electron chi connectivity index (χ2n) is 4.04. The monoisotopic (exact) mass is 197 g/mol. The third-order valence-corrected chi connectivity index (χ3v) is 2.63. The van der Waals surface area contributed by atoms with Gasteiger partial charge in [0.2, 0.25) is 0 Å². The van der Waals surface area contributed by atoms with Crippen LogP contribution < -0.4 is 4.87 Å². The lowest BCUT2D eigenvalue weighted by Crippen LogP contribution is -2.23. The lowest BCUT2D eigenvalue weighted by molar-refractivity contribution is 0.529. The van der Waals surface area contributed by atoms with Crippen LogP contribution in [-0.2, 0) is 12.0 Å². The average molecular weight is 197 g/mol. The number of hydrogen-bond donors (Lipinski definition) is 0. The summed E-state index contributed by atoms with van der Waals surface area (Å²) in [6.45, 7) is 10.6. The summed E-state index contributed by atoms with van der Waals surface area (Å²) in [5, 5.41) is 1.94. The molecule has 1 aromatic heterocycles. The summed E-state index contributed by atoms with van der Waals surface area (Å²) in [5.41, 5.74) is 1.12. The quantitative estimate of drug-likeness (QED) is 0.667. The second-order valence-corrected chi connectivity index (χ2v) is 4.86. The Morgan fingerprint density at radius 3 is 2.69 bits per heavy atom. The number of nitrogens with zero attached hydrogens (tertiary/aromatic N) is 1. The van der Waals surface area contributed by atoms with Crippen molar-refractivity contribution in [1.29, 1.82) is 0 Å². The molecule has 0 aliphatic carbocycles. The van der Waals surface area contributed by atoms with Gasteiger partial charge in [-0.1, -0.05) is 38.2 Å². The van der Waals surface area contributed by atoms with E-state index in [1.54, 1.807) is 10.6 Å². The molecule has 0 bridgehead atoms. The van der Waals surface area contributed by atoms with Crippen LogP contribution in [0.1, 0.15) is 26.5 Å². The predicted octanol–water partition coefficient (Wildman–Crippen LogP) is 2.39. The number of rotatable bonds is 2. The predicted molar refractivity (Wildman–Crippen MR) is 57.5 cm³/mol. The van der Waals surface area contributed by atoms with E-state index in [9.17, 15) is 4.79 Å². The molecule has 0 unspecified atom stereocenters. The largest absolute Gasteiger partial charge is 0.307 e. The molecule has 0 spiro atoms. The lowest BCUT2D eigenvalue weighted by atomic mass is 9.93. The van der Waals surface area contributed by atoms with Gasteiger partial charge >= 0.3 is 4.87 Å². The first-order valence-electron chi connectivity index (χ1n) is 4.26. The molecule has 0 aromatic carbocycles. The van der Waals surface area contributed by atoms with Gasteiger partial charge in [-0.15, -0.1) is 6.58 Å². The summed E-state index contributed by atoms with van der Waals surface area (Å²) >= 11 is 1.26. The van der Waals surface area contributed by atoms with Crippen LogP contribution in [0.3, 0.4) is 0 Å². The van der Waals surface area contributed by atoms with Crippen molar-refractivity contribution in [1.82, 2.24) is 4.57 Å². The van der Waals surface area contributed by atoms with Gasteiger partial charge in [-0.2, -0.15) is 0 Å². The summed E-state index contributed by atoms with van der Waals surface area (Å²) in [6, 6.07) is 0. The third-order valence-electron chi connectivity index (χ3n) is 1.86. The summed E-state index contributed by atoms with van der Waals surface area (Å²) in [6.07, 6.45) is 1.75. The molecule has 0 amide bonds. The van der Waals surface area contributed by atoms with E-state index in [0.717, 1.165) is 5.69 Å². The average Bonchev–Trinajstić information content (AvgIpc) is 2.32. The normalized spacial score (nSPS) is 11.6. The molecule has 0 saturated carbocycles. The number of hydrogen-bond acceptors (Lipinski definition) is 2. The van der Waals surface area contributed by atoms with E-state index in [1.807, 2.05) is 5.38 Å². The highest BCUT2D eigenvalue weighted by Gasteiger charge is 2.19. The van der Waals surface area contributed by atoms with Crippen LogP contribution >= 0.6 is 11.3 Å². The highest BCUT2D eigenvalue weighted by molar-refractivity contribution is 7.07. The van der Waals surface area contributed by atoms with Crippen LogP contribution in [0.4, 0.5) is 0 Å². The zero-order chi connectivity index (χ0) is 10.1. The SMILES string of the molecule is C=CCn1c(C(C)(C)C)csc1=O. The topological polar surface area (TPSA) is 22.0 Å². The second kappa shape index (κ2) is 3.50. The van der Waals surface area contributed by atoms with E-state index in [0.29, 0.717) is 6.54 Å². The van der Waals surface area contributed by atoms with E-state index in [2.05, 4.69) is 27.4 Å². The van der Waals surface area contributed by atoms with Gasteiger partial charge in [0, 0.05) is 23.0 Å². The van der Waals surface area contributed by atoms with Crippen molar-refractivity contribution in [3.05, 3.63) is 33.4 Å². The van der Waals surface area contributed by atoms with Crippen LogP contribution in [0.25, 0.3) is 0 Å². The van der Waals surface area contributed by atoms with Crippen molar-refractivity contribution in [2.45, 2.75) is 32.7 Å². The van der Waals surface area contributed by atoms with Gasteiger partial charge in [0.1, 0.15) is 0 Å². The molecule has 1 aromatic rings. The molecule has 3 heteroatoms. The van der Waals surface area contributed by atoms with Gasteiger partial charge in [0.25, 0.3) is 0 Å². The Kier molecular flexibility index (Phi) is 2.76. The van der Waals surface area contributed by atoms with E-state index in [-0.39, 0.29) is 10.3 Å². The molecule has 2 nitrogen and oxygen atoms in total. The fourth-order valence-electron chi connectivity index (χ4n) is 1.22. The first kappa shape index (κ1) is 10.3. The van der Waals surface area contributed by atoms with Crippen molar-refractivity contribution in [2.75, 3.05) is 0 Å². The Bertz CT molecular complexity index is 354. The maximum atomic E-state index is 11.4. The van der Waals surface area contributed by atoms with Gasteiger partial charge in [0.05, 0.1) is 0 Å². The van der Waals surface area contributed by atoms with E-state index < -0.39 is 0 Å². The molecule has 0 radical (unpaired) electrons. The molecule has 0 aliphatic rings. The van der Waals surface area contributed by atoms with Crippen LogP contribution in [0.2, 0.25) is 0 Å². The van der Waals surface area contributed by atoms with Crippen LogP contribution in [0.5, 0.6) is 0 Å². The molecule has 1 rings (SSSR count). The smallest absolute Gasteiger partial charge is 0.299 e. The van der Waals surface area contributed by atoms with Crippen molar-refractivity contribution in [2.24, 2.45) is 0 Å². The summed E-state index contributed by atoms with van der Waals surface area (Å²) in [4.78, 5) is 11.5. The Balaban J connectivity index is 3.22. The first-order valence-corrected chi connectivity index (χ1v) is 5.14. The molecule has 0 saturated heterocycles. The number of aromatic nitrogens is 1. The van der Waals surface area contributed by atoms with Gasteiger partial charge in [-0.3, -0.25) is 9.36 Å². The van der Waals surface area contributed by atoms with Gasteiger partial charge in [-0.05, 0) is 0 Å². The van der Waals surface area contributed by atoms with Crippen LogP contribution in [0.15, 0.2) is 22.8 Å². The Labute approximate surface area is 82.5 Å². The van der Waals surface area contributed by atoms with E-state index in [1.165, 1.54) is 11.3 Å². The molecule has 0 atom stereocenters. The maximum Gasteiger partial charge on any atom is 0.307 e. The first-order chi connectivity index (χ1) is 5.96. The number of allylic oxidation sites excluding steroid dienone is 1. The van der Waals surface area contributed by atoms with Crippen LogP contribution in [0, 0.1) is 0 Å². The van der Waals surface area contributed by atoms with E-state index in [4.69, 9.17) is 0 Å². The lowest BCUT2D eigenvalue weighted by Gasteiger charge is -2.19. The van der Waals surface area contributed by atoms with Gasteiger partial charge in [-0.25, -0.2) is 0 Å². The maximum absolute atomic E-state index is 11.4. The fraction of sp³-hybridized carbons (Fsp3) is 0.500. The standard InChI is InChI=1S/C10H15NOS/c1-5-6-11-8(10(2,3)4)7-13-9(11)12/h5,7H,1,6H2,2-4H3. The minimum atomic E-state index is 0.0299. The van der Waals surface area contributed by atoms with Gasteiger partial charge < -0.3 is 0 Å². The fourth-order valence-corrected chi connectivity index (χ4v) is 2.21.